The molecule has 1 unspecified atom stereocenters. The van der Waals surface area contributed by atoms with Gasteiger partial charge in [0.15, 0.2) is 0 Å². The lowest BCUT2D eigenvalue weighted by Gasteiger charge is -2.64. The first-order chi connectivity index (χ1) is 31.9. The first kappa shape index (κ1) is 44.2. The van der Waals surface area contributed by atoms with E-state index in [1.54, 1.807) is 7.11 Å². The molecule has 4 aromatic rings. The van der Waals surface area contributed by atoms with Crippen molar-refractivity contribution in [1.29, 1.82) is 0 Å². The highest BCUT2D eigenvalue weighted by molar-refractivity contribution is 5.94. The van der Waals surface area contributed by atoms with Gasteiger partial charge in [0.25, 0.3) is 0 Å². The van der Waals surface area contributed by atoms with Crippen molar-refractivity contribution in [3.8, 4) is 5.75 Å². The van der Waals surface area contributed by atoms with Gasteiger partial charge in [0.2, 0.25) is 0 Å². The summed E-state index contributed by atoms with van der Waals surface area (Å²) in [6.07, 6.45) is 8.21. The van der Waals surface area contributed by atoms with E-state index in [-0.39, 0.29) is 31.1 Å². The Morgan fingerprint density at radius 1 is 0.985 bits per heavy atom. The summed E-state index contributed by atoms with van der Waals surface area (Å²) in [6.45, 7) is 9.41. The number of nitrogens with one attached hydrogen (secondary N) is 2. The molecular weight excluding hydrogens is 835 g/mol. The molecule has 6 heterocycles. The molecule has 66 heavy (non-hydrogen) atoms. The molecule has 1 aliphatic carbocycles. The van der Waals surface area contributed by atoms with Crippen molar-refractivity contribution < 1.29 is 38.4 Å². The molecule has 1 amide bonds. The topological polar surface area (TPSA) is 146 Å². The van der Waals surface area contributed by atoms with Crippen molar-refractivity contribution in [2.45, 2.75) is 94.1 Å². The Hall–Kier alpha value is -5.63. The number of likely N-dealkylation sites (N-methyl/N-ethyl adjacent to an activating group) is 1. The van der Waals surface area contributed by atoms with Crippen molar-refractivity contribution in [2.75, 3.05) is 65.4 Å². The summed E-state index contributed by atoms with van der Waals surface area (Å²) < 4.78 is 24.6. The molecule has 13 heteroatoms. The molecule has 1 saturated carbocycles. The molecule has 6 aliphatic rings. The van der Waals surface area contributed by atoms with E-state index in [4.69, 9.17) is 18.9 Å². The van der Waals surface area contributed by atoms with Crippen LogP contribution in [0.25, 0.3) is 10.9 Å². The number of alkyl carbamates (subject to hydrolysis) is 1. The summed E-state index contributed by atoms with van der Waals surface area (Å²) in [5.41, 5.74) is 2.72. The summed E-state index contributed by atoms with van der Waals surface area (Å²) in [7, 11) is 5.11. The normalized spacial score (nSPS) is 31.8. The quantitative estimate of drug-likeness (QED) is 0.0906. The third-order valence-electron chi connectivity index (χ3n) is 16.4. The van der Waals surface area contributed by atoms with Gasteiger partial charge in [-0.3, -0.25) is 19.4 Å². The number of methoxy groups -OCH3 is 2. The lowest BCUT2D eigenvalue weighted by Crippen LogP contribution is -2.81. The Morgan fingerprint density at radius 2 is 1.77 bits per heavy atom. The Labute approximate surface area is 387 Å². The van der Waals surface area contributed by atoms with Gasteiger partial charge in [-0.15, -0.1) is 0 Å². The molecule has 0 radical (unpaired) electrons. The Bertz CT molecular complexity index is 2630. The van der Waals surface area contributed by atoms with Crippen LogP contribution in [0.15, 0.2) is 90.5 Å². The number of para-hydroxylation sites is 1. The molecule has 1 aromatic heterocycles. The molecule has 9 atom stereocenters. The zero-order chi connectivity index (χ0) is 46.2. The number of carbonyl (C=O) groups excluding carboxylic acids is 3. The van der Waals surface area contributed by atoms with E-state index in [1.807, 2.05) is 49.5 Å². The van der Waals surface area contributed by atoms with Crippen LogP contribution in [-0.4, -0.2) is 122 Å². The van der Waals surface area contributed by atoms with E-state index in [9.17, 15) is 14.7 Å². The molecule has 1 saturated heterocycles. The number of fused-ring (bicyclic) bond motifs is 6. The number of carbonyl (C=O) groups is 3. The summed E-state index contributed by atoms with van der Waals surface area (Å²) in [6, 6.07) is 21.0. The molecule has 3 N–H and O–H groups in total. The van der Waals surface area contributed by atoms with E-state index in [2.05, 4.69) is 81.3 Å². The fourth-order valence-corrected chi connectivity index (χ4v) is 14.0. The van der Waals surface area contributed by atoms with Gasteiger partial charge < -0.3 is 39.3 Å². The maximum absolute atomic E-state index is 15.5. The van der Waals surface area contributed by atoms with Crippen LogP contribution in [0.3, 0.4) is 0 Å². The molecule has 2 bridgehead atoms. The Morgan fingerprint density at radius 3 is 2.52 bits per heavy atom. The zero-order valence-electron chi connectivity index (χ0n) is 39.0. The number of amides is 1. The van der Waals surface area contributed by atoms with E-state index >= 15 is 4.79 Å². The summed E-state index contributed by atoms with van der Waals surface area (Å²) in [4.78, 5) is 53.3. The van der Waals surface area contributed by atoms with Gasteiger partial charge in [-0.25, -0.2) is 4.79 Å². The van der Waals surface area contributed by atoms with Crippen LogP contribution in [0.4, 0.5) is 10.5 Å². The molecule has 5 aliphatic heterocycles. The van der Waals surface area contributed by atoms with Crippen molar-refractivity contribution in [2.24, 2.45) is 11.3 Å². The predicted molar refractivity (Wildman–Crippen MR) is 252 cm³/mol. The summed E-state index contributed by atoms with van der Waals surface area (Å²) >= 11 is 0. The molecular formula is C53H63N5O8. The first-order valence-corrected chi connectivity index (χ1v) is 23.7. The van der Waals surface area contributed by atoms with Gasteiger partial charge in [-0.05, 0) is 73.4 Å². The highest BCUT2D eigenvalue weighted by Gasteiger charge is 2.78. The van der Waals surface area contributed by atoms with Crippen molar-refractivity contribution >= 4 is 34.6 Å². The molecule has 10 rings (SSSR count). The number of aromatic nitrogens is 1. The average Bonchev–Trinajstić information content (AvgIpc) is 4.00. The van der Waals surface area contributed by atoms with Crippen molar-refractivity contribution in [3.05, 3.63) is 118 Å². The molecule has 13 nitrogen and oxygen atoms in total. The van der Waals surface area contributed by atoms with Crippen LogP contribution in [0.2, 0.25) is 0 Å². The van der Waals surface area contributed by atoms with Crippen molar-refractivity contribution in [3.63, 3.8) is 0 Å². The first-order valence-electron chi connectivity index (χ1n) is 23.7. The number of ether oxygens (including phenoxy) is 4. The third-order valence-corrected chi connectivity index (χ3v) is 16.4. The molecule has 348 valence electrons. The average molecular weight is 898 g/mol. The van der Waals surface area contributed by atoms with Gasteiger partial charge >= 0.3 is 18.0 Å². The highest BCUT2D eigenvalue weighted by atomic mass is 16.6. The van der Waals surface area contributed by atoms with Gasteiger partial charge in [0.05, 0.1) is 26.8 Å². The number of rotatable bonds is 10. The number of aliphatic hydroxyl groups is 1. The second-order valence-corrected chi connectivity index (χ2v) is 19.6. The third kappa shape index (κ3) is 6.47. The number of esters is 2. The van der Waals surface area contributed by atoms with Crippen LogP contribution in [0.1, 0.15) is 74.4 Å². The van der Waals surface area contributed by atoms with Crippen LogP contribution < -0.4 is 15.0 Å². The van der Waals surface area contributed by atoms with Crippen LogP contribution in [0.5, 0.6) is 5.75 Å². The van der Waals surface area contributed by atoms with Gasteiger partial charge in [-0.1, -0.05) is 86.2 Å². The fraction of sp³-hybridized carbons (Fsp3) is 0.491. The highest BCUT2D eigenvalue weighted by Crippen LogP contribution is 2.68. The maximum Gasteiger partial charge on any atom is 0.407 e. The Balaban J connectivity index is 1.20. The Kier molecular flexibility index (Phi) is 11.1. The van der Waals surface area contributed by atoms with Crippen LogP contribution >= 0.6 is 0 Å². The number of aromatic amines is 1. The number of benzene rings is 3. The minimum absolute atomic E-state index is 0.0203. The predicted octanol–water partition coefficient (Wildman–Crippen LogP) is 6.55. The lowest BCUT2D eigenvalue weighted by atomic mass is 9.47. The number of hydrogen-bond donors (Lipinski definition) is 3. The van der Waals surface area contributed by atoms with Crippen molar-refractivity contribution in [1.82, 2.24) is 20.1 Å². The van der Waals surface area contributed by atoms with Crippen LogP contribution in [-0.2, 0) is 47.7 Å². The van der Waals surface area contributed by atoms with Gasteiger partial charge in [-0.2, -0.15) is 0 Å². The zero-order valence-corrected chi connectivity index (χ0v) is 39.0. The largest absolute Gasteiger partial charge is 0.496 e. The van der Waals surface area contributed by atoms with Gasteiger partial charge in [0, 0.05) is 90.9 Å². The van der Waals surface area contributed by atoms with E-state index in [0.29, 0.717) is 43.7 Å². The molecule has 1 spiro atoms. The van der Waals surface area contributed by atoms with Crippen LogP contribution in [0, 0.1) is 11.3 Å². The number of hydrogen-bond acceptors (Lipinski definition) is 11. The fourth-order valence-electron chi connectivity index (χ4n) is 14.0. The number of H-pyrrole nitrogens is 1. The molecule has 3 aromatic carbocycles. The lowest BCUT2D eigenvalue weighted by molar-refractivity contribution is -0.217. The summed E-state index contributed by atoms with van der Waals surface area (Å²) in [5.74, 6) is -0.344. The smallest absolute Gasteiger partial charge is 0.407 e. The number of nitrogens with zero attached hydrogens (tertiary/aromatic N) is 3. The minimum atomic E-state index is -1.85. The minimum Gasteiger partial charge on any atom is -0.496 e. The monoisotopic (exact) mass is 897 g/mol. The van der Waals surface area contributed by atoms with E-state index in [0.717, 1.165) is 71.5 Å². The second-order valence-electron chi connectivity index (χ2n) is 19.6. The SMILES string of the molecule is CCC1=C[C@@H]2CN(CCc3c([nH]c4ccccc34)[C@@](C(=O)OC)(c3cc4c(cc3OC)N(C)[C@H]3[C@@](O)(CNC(=O)OCc5ccccc5)[C@H](OC(C)=O)[C@]5(CC)C=CCN6CC[C@]43[C@@H]65)C2)C1. The number of anilines is 1. The van der Waals surface area contributed by atoms with E-state index < -0.39 is 46.1 Å². The van der Waals surface area contributed by atoms with Gasteiger partial charge in [0.1, 0.15) is 29.5 Å². The maximum atomic E-state index is 15.5. The molecule has 2 fully saturated rings. The second kappa shape index (κ2) is 16.6. The summed E-state index contributed by atoms with van der Waals surface area (Å²) in [5, 5.41) is 17.9. The van der Waals surface area contributed by atoms with E-state index in [1.165, 1.54) is 19.6 Å². The standard InChI is InChI=1S/C53H63N5O8/c1-7-34-25-36-28-52(48(60)64-6,44-38(19-23-57(29-34)30-36)37-17-12-13-18-41(37)55-44)40-26-39-42(27-43(40)63-5)56(4)46-51(39)21-24-58-22-14-20-50(8-2,45(51)58)47(66-33(3)59)53(46,62)32-54-49(61)65-31-35-15-10-9-11-16-35/h9-18,20,25-27,36,45-47,55,62H,7-8,19,21-24,28-32H2,1-6H3,(H,54,61)/t36-,45-,46+,47+,50+,51+,52-,53-/m0/s1.